The van der Waals surface area contributed by atoms with Crippen LogP contribution in [-0.2, 0) is 4.79 Å². The van der Waals surface area contributed by atoms with Crippen molar-refractivity contribution in [1.82, 2.24) is 24.7 Å². The molecule has 0 bridgehead atoms. The van der Waals surface area contributed by atoms with Crippen molar-refractivity contribution in [3.05, 3.63) is 59.8 Å². The number of pyridine rings is 1. The summed E-state index contributed by atoms with van der Waals surface area (Å²) in [5.41, 5.74) is 1.62. The quantitative estimate of drug-likeness (QED) is 0.423. The number of amides is 1. The molecule has 0 spiro atoms. The third kappa shape index (κ3) is 4.51. The van der Waals surface area contributed by atoms with E-state index < -0.39 is 11.9 Å². The highest BCUT2D eigenvalue weighted by atomic mass is 35.5. The van der Waals surface area contributed by atoms with E-state index in [-0.39, 0.29) is 22.5 Å². The zero-order valence-electron chi connectivity index (χ0n) is 18.0. The Morgan fingerprint density at radius 2 is 2.06 bits per heavy atom. The van der Waals surface area contributed by atoms with Gasteiger partial charge in [-0.3, -0.25) is 9.20 Å². The number of hydrogen-bond acceptors (Lipinski definition) is 7. The van der Waals surface area contributed by atoms with E-state index in [4.69, 9.17) is 21.1 Å². The molecule has 170 valence electrons. The number of carbonyl (C=O) groups excluding carboxylic acids is 1. The topological polar surface area (TPSA) is 103 Å². The van der Waals surface area contributed by atoms with Crippen LogP contribution in [0.25, 0.3) is 17.0 Å². The lowest BCUT2D eigenvalue weighted by atomic mass is 10.2. The zero-order valence-corrected chi connectivity index (χ0v) is 18.7. The molecule has 2 N–H and O–H groups in total. The average molecular weight is 471 g/mol. The zero-order chi connectivity index (χ0) is 23.5. The van der Waals surface area contributed by atoms with E-state index in [1.807, 2.05) is 0 Å². The Bertz CT molecular complexity index is 1330. The molecule has 0 aliphatic rings. The van der Waals surface area contributed by atoms with Crippen LogP contribution in [0.3, 0.4) is 0 Å². The van der Waals surface area contributed by atoms with Gasteiger partial charge in [0.2, 0.25) is 5.95 Å². The number of likely N-dealkylation sites (N-methyl/N-ethyl adjacent to an activating group) is 1. The van der Waals surface area contributed by atoms with E-state index in [0.29, 0.717) is 28.6 Å². The fourth-order valence-electron chi connectivity index (χ4n) is 3.19. The molecule has 9 nitrogen and oxygen atoms in total. The number of methoxy groups -OCH3 is 1. The number of aromatic nitrogens is 4. The number of fused-ring (bicyclic) bond motifs is 1. The van der Waals surface area contributed by atoms with Gasteiger partial charge in [0.1, 0.15) is 17.2 Å². The molecule has 4 aromatic rings. The first-order valence-electron chi connectivity index (χ1n) is 9.89. The maximum atomic E-state index is 14.0. The van der Waals surface area contributed by atoms with Crippen molar-refractivity contribution in [2.45, 2.75) is 13.0 Å². The van der Waals surface area contributed by atoms with Gasteiger partial charge in [-0.15, -0.1) is 0 Å². The van der Waals surface area contributed by atoms with Crippen LogP contribution in [0.1, 0.15) is 6.92 Å². The average Bonchev–Trinajstić information content (AvgIpc) is 3.26. The summed E-state index contributed by atoms with van der Waals surface area (Å²) in [6, 6.07) is 7.95. The summed E-state index contributed by atoms with van der Waals surface area (Å²) in [4.78, 5) is 24.5. The van der Waals surface area contributed by atoms with Crippen LogP contribution in [0.15, 0.2) is 48.9 Å². The van der Waals surface area contributed by atoms with Gasteiger partial charge in [0.15, 0.2) is 17.6 Å². The molecular weight excluding hydrogens is 451 g/mol. The van der Waals surface area contributed by atoms with Gasteiger partial charge in [0.05, 0.1) is 35.9 Å². The predicted octanol–water partition coefficient (Wildman–Crippen LogP) is 3.85. The minimum absolute atomic E-state index is 0.167. The lowest BCUT2D eigenvalue weighted by Crippen LogP contribution is -2.33. The number of hydrogen-bond donors (Lipinski definition) is 2. The molecule has 4 rings (SSSR count). The largest absolute Gasteiger partial charge is 0.494 e. The summed E-state index contributed by atoms with van der Waals surface area (Å²) in [5, 5.41) is 5.90. The summed E-state index contributed by atoms with van der Waals surface area (Å²) in [6.45, 7) is 1.65. The molecular formula is C22H20ClFN6O3. The highest BCUT2D eigenvalue weighted by Gasteiger charge is 2.17. The summed E-state index contributed by atoms with van der Waals surface area (Å²) in [5.74, 6) is 0.453. The highest BCUT2D eigenvalue weighted by Crippen LogP contribution is 2.33. The van der Waals surface area contributed by atoms with E-state index in [1.54, 1.807) is 48.8 Å². The smallest absolute Gasteiger partial charge is 0.260 e. The van der Waals surface area contributed by atoms with Crippen molar-refractivity contribution in [2.24, 2.45) is 0 Å². The first-order chi connectivity index (χ1) is 15.9. The number of halogens is 2. The normalized spacial score (nSPS) is 11.8. The van der Waals surface area contributed by atoms with Gasteiger partial charge in [-0.1, -0.05) is 11.6 Å². The number of nitrogens with zero attached hydrogens (tertiary/aromatic N) is 4. The first kappa shape index (κ1) is 22.3. The number of nitrogens with one attached hydrogen (secondary N) is 2. The Balaban J connectivity index is 1.63. The van der Waals surface area contributed by atoms with Crippen molar-refractivity contribution < 1.29 is 18.7 Å². The van der Waals surface area contributed by atoms with Gasteiger partial charge in [-0.25, -0.2) is 19.3 Å². The summed E-state index contributed by atoms with van der Waals surface area (Å²) >= 11 is 6.33. The van der Waals surface area contributed by atoms with Crippen LogP contribution in [0.5, 0.6) is 11.5 Å². The van der Waals surface area contributed by atoms with Crippen LogP contribution in [0, 0.1) is 5.82 Å². The Morgan fingerprint density at radius 1 is 1.24 bits per heavy atom. The van der Waals surface area contributed by atoms with Crippen LogP contribution >= 0.6 is 11.6 Å². The Kier molecular flexibility index (Phi) is 6.27. The SMILES string of the molecule is CNC(=O)[C@@H](C)Oc1ccc(Nc2ncc(Cl)c(-c3cnc4c(F)cccn34)n2)c(OC)c1. The molecule has 11 heteroatoms. The molecule has 0 saturated carbocycles. The number of ether oxygens (including phenoxy) is 2. The lowest BCUT2D eigenvalue weighted by Gasteiger charge is -2.16. The second-order valence-corrected chi connectivity index (χ2v) is 7.35. The van der Waals surface area contributed by atoms with Gasteiger partial charge in [-0.05, 0) is 31.2 Å². The molecule has 1 aromatic carbocycles. The number of carbonyl (C=O) groups is 1. The second-order valence-electron chi connectivity index (χ2n) is 6.94. The highest BCUT2D eigenvalue weighted by molar-refractivity contribution is 6.32. The van der Waals surface area contributed by atoms with Gasteiger partial charge in [0, 0.05) is 19.3 Å². The van der Waals surface area contributed by atoms with E-state index in [0.717, 1.165) is 0 Å². The fourth-order valence-corrected chi connectivity index (χ4v) is 3.38. The van der Waals surface area contributed by atoms with Crippen molar-refractivity contribution in [3.8, 4) is 22.9 Å². The van der Waals surface area contributed by atoms with E-state index in [2.05, 4.69) is 25.6 Å². The molecule has 33 heavy (non-hydrogen) atoms. The number of benzene rings is 1. The Hall–Kier alpha value is -3.92. The van der Waals surface area contributed by atoms with Crippen LogP contribution in [0.4, 0.5) is 16.0 Å². The van der Waals surface area contributed by atoms with E-state index in [1.165, 1.54) is 25.6 Å². The van der Waals surface area contributed by atoms with Crippen LogP contribution < -0.4 is 20.1 Å². The van der Waals surface area contributed by atoms with Gasteiger partial charge >= 0.3 is 0 Å². The van der Waals surface area contributed by atoms with Gasteiger partial charge < -0.3 is 20.1 Å². The van der Waals surface area contributed by atoms with Crippen LogP contribution in [-0.4, -0.2) is 45.5 Å². The van der Waals surface area contributed by atoms with Crippen LogP contribution in [0.2, 0.25) is 5.02 Å². The fraction of sp³-hybridized carbons (Fsp3) is 0.182. The first-order valence-corrected chi connectivity index (χ1v) is 10.3. The number of rotatable bonds is 7. The molecule has 3 heterocycles. The lowest BCUT2D eigenvalue weighted by molar-refractivity contribution is -0.126. The molecule has 0 unspecified atom stereocenters. The summed E-state index contributed by atoms with van der Waals surface area (Å²) in [6.07, 6.45) is 3.95. The van der Waals surface area contributed by atoms with Crippen molar-refractivity contribution in [2.75, 3.05) is 19.5 Å². The minimum Gasteiger partial charge on any atom is -0.494 e. The van der Waals surface area contributed by atoms with Crippen molar-refractivity contribution >= 4 is 34.8 Å². The molecule has 1 atom stereocenters. The summed E-state index contributed by atoms with van der Waals surface area (Å²) < 4.78 is 26.7. The standard InChI is InChI=1S/C22H20ClFN6O3/c1-12(21(31)25-2)33-13-6-7-16(18(9-13)32-3)28-22-27-10-14(23)19(29-22)17-11-26-20-15(24)5-4-8-30(17)20/h4-12H,1-3H3,(H,25,31)(H,27,28,29)/t12-/m1/s1. The second kappa shape index (κ2) is 9.29. The maximum absolute atomic E-state index is 14.0. The molecule has 0 radical (unpaired) electrons. The van der Waals surface area contributed by atoms with Crippen molar-refractivity contribution in [1.29, 1.82) is 0 Å². The molecule has 0 aliphatic heterocycles. The Labute approximate surface area is 193 Å². The van der Waals surface area contributed by atoms with E-state index >= 15 is 0 Å². The van der Waals surface area contributed by atoms with E-state index in [9.17, 15) is 9.18 Å². The monoisotopic (exact) mass is 470 g/mol. The third-order valence-electron chi connectivity index (χ3n) is 4.82. The third-order valence-corrected chi connectivity index (χ3v) is 5.10. The Morgan fingerprint density at radius 3 is 2.82 bits per heavy atom. The van der Waals surface area contributed by atoms with Gasteiger partial charge in [-0.2, -0.15) is 0 Å². The minimum atomic E-state index is -0.670. The molecule has 1 amide bonds. The number of anilines is 2. The summed E-state index contributed by atoms with van der Waals surface area (Å²) in [7, 11) is 3.05. The molecule has 0 saturated heterocycles. The molecule has 0 fully saturated rings. The number of imidazole rings is 1. The molecule has 0 aliphatic carbocycles. The predicted molar refractivity (Wildman–Crippen MR) is 122 cm³/mol. The molecule has 3 aromatic heterocycles. The van der Waals surface area contributed by atoms with Gasteiger partial charge in [0.25, 0.3) is 5.91 Å². The maximum Gasteiger partial charge on any atom is 0.260 e. The van der Waals surface area contributed by atoms with Crippen molar-refractivity contribution in [3.63, 3.8) is 0 Å².